The molecule has 2 aliphatic heterocycles. The van der Waals surface area contributed by atoms with E-state index in [1.807, 2.05) is 0 Å². The molecular weight excluding hydrogens is 443 g/mol. The zero-order valence-electron chi connectivity index (χ0n) is 18.5. The molecule has 1 N–H and O–H groups in total. The number of β-amino-alcohol motifs (C(OH)–C–C–N with tert-alkyl or cyclic N) is 1. The lowest BCUT2D eigenvalue weighted by Gasteiger charge is -2.28. The predicted octanol–water partition coefficient (Wildman–Crippen LogP) is 1.87. The summed E-state index contributed by atoms with van der Waals surface area (Å²) in [5.74, 6) is -0.478. The molecule has 2 aromatic heterocycles. The number of ether oxygens (including phenoxy) is 2. The van der Waals surface area contributed by atoms with Gasteiger partial charge in [0, 0.05) is 43.2 Å². The van der Waals surface area contributed by atoms with Crippen LogP contribution < -0.4 is 4.90 Å². The van der Waals surface area contributed by atoms with Crippen LogP contribution in [-0.4, -0.2) is 81.6 Å². The number of benzene rings is 1. The number of rotatable bonds is 7. The molecule has 0 radical (unpaired) electrons. The quantitative estimate of drug-likeness (QED) is 0.560. The number of aliphatic hydroxyl groups excluding tert-OH is 1. The van der Waals surface area contributed by atoms with E-state index >= 15 is 0 Å². The standard InChI is InChI=1S/C23H25FN6O4/c24-20-11-17(30-14-18(34-23(30)32)13-29-6-5-26-27-29)2-3-19(20)16-1-4-21(25-12-16)22(31)15-28-7-9-33-10-8-28/h1-6,11-12,18,22,31H,7-10,13-15H2/t18-,22?/m0/s1. The predicted molar refractivity (Wildman–Crippen MR) is 119 cm³/mol. The Labute approximate surface area is 195 Å². The fraction of sp³-hybridized carbons (Fsp3) is 0.391. The van der Waals surface area contributed by atoms with Gasteiger partial charge in [0.2, 0.25) is 0 Å². The van der Waals surface area contributed by atoms with Crippen LogP contribution in [0.15, 0.2) is 48.9 Å². The zero-order chi connectivity index (χ0) is 23.5. The van der Waals surface area contributed by atoms with Gasteiger partial charge in [-0.2, -0.15) is 0 Å². The van der Waals surface area contributed by atoms with Gasteiger partial charge in [-0.3, -0.25) is 14.8 Å². The number of halogens is 1. The third kappa shape index (κ3) is 4.91. The molecule has 1 amide bonds. The number of aromatic nitrogens is 4. The molecule has 2 atom stereocenters. The number of anilines is 1. The number of pyridine rings is 1. The molecule has 1 aromatic carbocycles. The van der Waals surface area contributed by atoms with E-state index in [0.29, 0.717) is 48.8 Å². The number of nitrogens with zero attached hydrogens (tertiary/aromatic N) is 6. The molecule has 3 aromatic rings. The van der Waals surface area contributed by atoms with Crippen molar-refractivity contribution < 1.29 is 23.8 Å². The van der Waals surface area contributed by atoms with Gasteiger partial charge in [0.15, 0.2) is 0 Å². The molecule has 0 aliphatic carbocycles. The Hall–Kier alpha value is -3.41. The van der Waals surface area contributed by atoms with Crippen LogP contribution in [0.5, 0.6) is 0 Å². The van der Waals surface area contributed by atoms with Crippen LogP contribution in [0, 0.1) is 5.82 Å². The molecule has 178 valence electrons. The first-order valence-corrected chi connectivity index (χ1v) is 11.1. The van der Waals surface area contributed by atoms with Crippen LogP contribution in [0.1, 0.15) is 11.8 Å². The topological polar surface area (TPSA) is 106 Å². The first-order valence-electron chi connectivity index (χ1n) is 11.1. The minimum absolute atomic E-state index is 0.286. The van der Waals surface area contributed by atoms with Crippen molar-refractivity contribution >= 4 is 11.8 Å². The Kier molecular flexibility index (Phi) is 6.48. The summed E-state index contributed by atoms with van der Waals surface area (Å²) in [6.07, 6.45) is 3.12. The Balaban J connectivity index is 1.25. The van der Waals surface area contributed by atoms with Gasteiger partial charge in [-0.25, -0.2) is 13.9 Å². The third-order valence-electron chi connectivity index (χ3n) is 5.97. The summed E-state index contributed by atoms with van der Waals surface area (Å²) in [4.78, 5) is 20.2. The van der Waals surface area contributed by atoms with Crippen molar-refractivity contribution in [2.45, 2.75) is 18.8 Å². The molecule has 0 spiro atoms. The van der Waals surface area contributed by atoms with E-state index in [0.717, 1.165) is 13.1 Å². The molecule has 34 heavy (non-hydrogen) atoms. The Morgan fingerprint density at radius 3 is 2.76 bits per heavy atom. The Morgan fingerprint density at radius 1 is 1.21 bits per heavy atom. The fourth-order valence-corrected chi connectivity index (χ4v) is 4.16. The number of cyclic esters (lactones) is 1. The second-order valence-corrected chi connectivity index (χ2v) is 8.31. The van der Waals surface area contributed by atoms with Crippen molar-refractivity contribution in [3.05, 3.63) is 60.4 Å². The second kappa shape index (κ2) is 9.84. The van der Waals surface area contributed by atoms with Gasteiger partial charge in [-0.1, -0.05) is 11.3 Å². The number of aliphatic hydroxyl groups is 1. The van der Waals surface area contributed by atoms with E-state index in [4.69, 9.17) is 9.47 Å². The van der Waals surface area contributed by atoms with Crippen LogP contribution in [-0.2, 0) is 16.0 Å². The number of hydrogen-bond acceptors (Lipinski definition) is 8. The smallest absolute Gasteiger partial charge is 0.414 e. The van der Waals surface area contributed by atoms with E-state index in [1.54, 1.807) is 47.5 Å². The van der Waals surface area contributed by atoms with Crippen molar-refractivity contribution in [1.29, 1.82) is 0 Å². The maximum absolute atomic E-state index is 15.0. The van der Waals surface area contributed by atoms with Crippen molar-refractivity contribution in [3.8, 4) is 11.1 Å². The summed E-state index contributed by atoms with van der Waals surface area (Å²) >= 11 is 0. The van der Waals surface area contributed by atoms with Gasteiger partial charge in [0.25, 0.3) is 0 Å². The van der Waals surface area contributed by atoms with Crippen LogP contribution in [0.4, 0.5) is 14.9 Å². The largest absolute Gasteiger partial charge is 0.442 e. The van der Waals surface area contributed by atoms with Crippen LogP contribution in [0.2, 0.25) is 0 Å². The van der Waals surface area contributed by atoms with Gasteiger partial charge < -0.3 is 14.6 Å². The summed E-state index contributed by atoms with van der Waals surface area (Å²) < 4.78 is 27.3. The minimum Gasteiger partial charge on any atom is -0.442 e. The molecule has 0 saturated carbocycles. The Morgan fingerprint density at radius 2 is 2.06 bits per heavy atom. The highest BCUT2D eigenvalue weighted by molar-refractivity contribution is 5.90. The molecule has 4 heterocycles. The lowest BCUT2D eigenvalue weighted by atomic mass is 10.0. The van der Waals surface area contributed by atoms with Crippen molar-refractivity contribution in [1.82, 2.24) is 24.9 Å². The SMILES string of the molecule is O=C1O[C@@H](Cn2ccnn2)CN1c1ccc(-c2ccc(C(O)CN3CCOCC3)nc2)c(F)c1. The summed E-state index contributed by atoms with van der Waals surface area (Å²) in [6, 6.07) is 8.06. The van der Waals surface area contributed by atoms with E-state index in [2.05, 4.69) is 20.2 Å². The van der Waals surface area contributed by atoms with Gasteiger partial charge in [0.05, 0.1) is 43.9 Å². The zero-order valence-corrected chi connectivity index (χ0v) is 18.5. The fourth-order valence-electron chi connectivity index (χ4n) is 4.16. The normalized spacial score (nSPS) is 19.9. The van der Waals surface area contributed by atoms with E-state index in [-0.39, 0.29) is 6.54 Å². The molecule has 11 heteroatoms. The molecule has 10 nitrogen and oxygen atoms in total. The summed E-state index contributed by atoms with van der Waals surface area (Å²) in [7, 11) is 0. The lowest BCUT2D eigenvalue weighted by Crippen LogP contribution is -2.38. The van der Waals surface area contributed by atoms with Gasteiger partial charge in [-0.05, 0) is 24.3 Å². The second-order valence-electron chi connectivity index (χ2n) is 8.31. The number of amides is 1. The van der Waals surface area contributed by atoms with E-state index in [9.17, 15) is 14.3 Å². The highest BCUT2D eigenvalue weighted by atomic mass is 19.1. The van der Waals surface area contributed by atoms with Crippen molar-refractivity contribution in [2.24, 2.45) is 0 Å². The number of carbonyl (C=O) groups is 1. The Bertz CT molecular complexity index is 1120. The number of carbonyl (C=O) groups excluding carboxylic acids is 1. The van der Waals surface area contributed by atoms with Crippen molar-refractivity contribution in [3.63, 3.8) is 0 Å². The molecule has 2 aliphatic rings. The lowest BCUT2D eigenvalue weighted by molar-refractivity contribution is 0.0135. The summed E-state index contributed by atoms with van der Waals surface area (Å²) in [6.45, 7) is 4.00. The summed E-state index contributed by atoms with van der Waals surface area (Å²) in [5.41, 5.74) is 1.89. The van der Waals surface area contributed by atoms with Crippen molar-refractivity contribution in [2.75, 3.05) is 44.3 Å². The van der Waals surface area contributed by atoms with Gasteiger partial charge in [0.1, 0.15) is 18.0 Å². The van der Waals surface area contributed by atoms with E-state index in [1.165, 1.54) is 11.0 Å². The molecule has 0 bridgehead atoms. The molecule has 2 saturated heterocycles. The average Bonchev–Trinajstić information content (AvgIpc) is 3.49. The third-order valence-corrected chi connectivity index (χ3v) is 5.97. The van der Waals surface area contributed by atoms with Gasteiger partial charge >= 0.3 is 6.09 Å². The van der Waals surface area contributed by atoms with Gasteiger partial charge in [-0.15, -0.1) is 5.10 Å². The number of morpholine rings is 1. The van der Waals surface area contributed by atoms with E-state index < -0.39 is 24.1 Å². The maximum Gasteiger partial charge on any atom is 0.414 e. The monoisotopic (exact) mass is 468 g/mol. The van der Waals surface area contributed by atoms with Crippen LogP contribution >= 0.6 is 0 Å². The molecule has 5 rings (SSSR count). The molecule has 1 unspecified atom stereocenters. The first-order chi connectivity index (χ1) is 16.6. The van der Waals surface area contributed by atoms with Crippen LogP contribution in [0.25, 0.3) is 11.1 Å². The highest BCUT2D eigenvalue weighted by Crippen LogP contribution is 2.29. The minimum atomic E-state index is -0.731. The molecule has 2 fully saturated rings. The van der Waals surface area contributed by atoms with Crippen LogP contribution in [0.3, 0.4) is 0 Å². The average molecular weight is 468 g/mol. The number of hydrogen-bond donors (Lipinski definition) is 1. The first kappa shape index (κ1) is 22.4. The highest BCUT2D eigenvalue weighted by Gasteiger charge is 2.33. The maximum atomic E-state index is 15.0. The summed E-state index contributed by atoms with van der Waals surface area (Å²) in [5, 5.41) is 18.1. The molecular formula is C23H25FN6O4.